The lowest BCUT2D eigenvalue weighted by atomic mass is 9.74. The van der Waals surface area contributed by atoms with Crippen molar-refractivity contribution >= 4 is 11.6 Å². The summed E-state index contributed by atoms with van der Waals surface area (Å²) < 4.78 is 0. The van der Waals surface area contributed by atoms with Gasteiger partial charge in [0.2, 0.25) is 5.91 Å². The fourth-order valence-electron chi connectivity index (χ4n) is 2.85. The van der Waals surface area contributed by atoms with Gasteiger partial charge < -0.3 is 5.32 Å². The number of nitrogens with zero attached hydrogens (tertiary/aromatic N) is 3. The maximum atomic E-state index is 12.5. The molecule has 3 rings (SSSR count). The van der Waals surface area contributed by atoms with Gasteiger partial charge in [-0.15, -0.1) is 0 Å². The quantitative estimate of drug-likeness (QED) is 0.910. The highest BCUT2D eigenvalue weighted by Gasteiger charge is 2.39. The second-order valence-electron chi connectivity index (χ2n) is 5.62. The molecule has 0 bridgehead atoms. The zero-order valence-corrected chi connectivity index (χ0v) is 12.2. The Morgan fingerprint density at radius 1 is 1.23 bits per heavy atom. The largest absolute Gasteiger partial charge is 0.325 e. The molecule has 112 valence electrons. The minimum absolute atomic E-state index is 0.192. The fourth-order valence-corrected chi connectivity index (χ4v) is 2.85. The van der Waals surface area contributed by atoms with Crippen molar-refractivity contribution in [2.75, 3.05) is 5.32 Å². The molecule has 6 heteroatoms. The summed E-state index contributed by atoms with van der Waals surface area (Å²) in [6, 6.07) is 9.57. The lowest BCUT2D eigenvalue weighted by Crippen LogP contribution is -2.36. The van der Waals surface area contributed by atoms with E-state index in [9.17, 15) is 10.1 Å². The molecule has 1 fully saturated rings. The van der Waals surface area contributed by atoms with Crippen molar-refractivity contribution in [3.05, 3.63) is 30.6 Å². The summed E-state index contributed by atoms with van der Waals surface area (Å²) in [6.07, 6.45) is 5.71. The van der Waals surface area contributed by atoms with Gasteiger partial charge >= 0.3 is 0 Å². The molecule has 22 heavy (non-hydrogen) atoms. The van der Waals surface area contributed by atoms with Gasteiger partial charge in [-0.1, -0.05) is 19.3 Å². The maximum Gasteiger partial charge on any atom is 0.244 e. The summed E-state index contributed by atoms with van der Waals surface area (Å²) in [5.74, 6) is 0.487. The van der Waals surface area contributed by atoms with Gasteiger partial charge in [0.05, 0.1) is 6.07 Å². The van der Waals surface area contributed by atoms with Crippen molar-refractivity contribution in [2.24, 2.45) is 5.41 Å². The number of aromatic amines is 1. The number of benzene rings is 1. The Balaban J connectivity index is 1.73. The Bertz CT molecular complexity index is 678. The van der Waals surface area contributed by atoms with Gasteiger partial charge in [-0.2, -0.15) is 10.4 Å². The highest BCUT2D eigenvalue weighted by molar-refractivity contribution is 5.97. The minimum Gasteiger partial charge on any atom is -0.325 e. The molecule has 1 aromatic carbocycles. The van der Waals surface area contributed by atoms with E-state index in [0.29, 0.717) is 24.4 Å². The summed E-state index contributed by atoms with van der Waals surface area (Å²) in [5.41, 5.74) is 0.707. The summed E-state index contributed by atoms with van der Waals surface area (Å²) in [7, 11) is 0. The molecule has 1 aliphatic carbocycles. The van der Waals surface area contributed by atoms with Crippen LogP contribution >= 0.6 is 0 Å². The first-order valence-electron chi connectivity index (χ1n) is 7.42. The Hall–Kier alpha value is -2.68. The molecule has 2 N–H and O–H groups in total. The monoisotopic (exact) mass is 295 g/mol. The van der Waals surface area contributed by atoms with Crippen LogP contribution in [0.3, 0.4) is 0 Å². The topological polar surface area (TPSA) is 94.5 Å². The van der Waals surface area contributed by atoms with Crippen molar-refractivity contribution < 1.29 is 4.79 Å². The molecule has 1 heterocycles. The number of aromatic nitrogens is 3. The van der Waals surface area contributed by atoms with E-state index in [1.807, 2.05) is 24.3 Å². The van der Waals surface area contributed by atoms with Crippen LogP contribution in [0.25, 0.3) is 11.4 Å². The second kappa shape index (κ2) is 5.98. The number of carbonyl (C=O) groups excluding carboxylic acids is 1. The van der Waals surface area contributed by atoms with Crippen molar-refractivity contribution in [2.45, 2.75) is 32.1 Å². The Morgan fingerprint density at radius 2 is 1.95 bits per heavy atom. The lowest BCUT2D eigenvalue weighted by molar-refractivity contribution is -0.124. The zero-order chi connectivity index (χ0) is 15.4. The van der Waals surface area contributed by atoms with Gasteiger partial charge in [-0.05, 0) is 37.1 Å². The number of nitrogens with one attached hydrogen (secondary N) is 2. The second-order valence-corrected chi connectivity index (χ2v) is 5.62. The molecule has 0 radical (unpaired) electrons. The van der Waals surface area contributed by atoms with Crippen LogP contribution in [0.4, 0.5) is 5.69 Å². The van der Waals surface area contributed by atoms with Crippen molar-refractivity contribution in [1.29, 1.82) is 5.26 Å². The van der Waals surface area contributed by atoms with Gasteiger partial charge in [0.25, 0.3) is 0 Å². The van der Waals surface area contributed by atoms with Gasteiger partial charge in [0.1, 0.15) is 11.7 Å². The summed E-state index contributed by atoms with van der Waals surface area (Å²) in [6.45, 7) is 0. The van der Waals surface area contributed by atoms with Crippen LogP contribution in [-0.2, 0) is 4.79 Å². The molecule has 0 unspecified atom stereocenters. The van der Waals surface area contributed by atoms with E-state index >= 15 is 0 Å². The Morgan fingerprint density at radius 3 is 2.55 bits per heavy atom. The number of H-pyrrole nitrogens is 1. The van der Waals surface area contributed by atoms with Crippen LogP contribution in [0.1, 0.15) is 32.1 Å². The molecule has 0 atom stereocenters. The lowest BCUT2D eigenvalue weighted by Gasteiger charge is -2.29. The molecule has 2 aromatic rings. The fraction of sp³-hybridized carbons (Fsp3) is 0.375. The van der Waals surface area contributed by atoms with Gasteiger partial charge in [-0.25, -0.2) is 4.98 Å². The molecular weight excluding hydrogens is 278 g/mol. The van der Waals surface area contributed by atoms with Crippen LogP contribution in [0.2, 0.25) is 0 Å². The number of rotatable bonds is 3. The molecule has 0 spiro atoms. The highest BCUT2D eigenvalue weighted by Crippen LogP contribution is 2.36. The molecule has 1 aromatic heterocycles. The van der Waals surface area contributed by atoms with Gasteiger partial charge in [0, 0.05) is 11.3 Å². The predicted octanol–water partition coefficient (Wildman–Crippen LogP) is 2.88. The molecule has 0 aliphatic heterocycles. The zero-order valence-electron chi connectivity index (χ0n) is 12.2. The first-order chi connectivity index (χ1) is 10.7. The normalized spacial score (nSPS) is 16.7. The molecule has 6 nitrogen and oxygen atoms in total. The number of anilines is 1. The third kappa shape index (κ3) is 2.70. The van der Waals surface area contributed by atoms with Crippen LogP contribution in [0.15, 0.2) is 30.6 Å². The number of amides is 1. The number of hydrogen-bond donors (Lipinski definition) is 2. The van der Waals surface area contributed by atoms with Crippen LogP contribution in [0.5, 0.6) is 0 Å². The number of carbonyl (C=O) groups is 1. The standard InChI is InChI=1S/C16H17N5O/c17-10-16(8-2-1-3-9-16)15(22)20-13-6-4-12(5-7-13)14-18-11-19-21-14/h4-7,11H,1-3,8-9H2,(H,20,22)(H,18,19,21). The maximum absolute atomic E-state index is 12.5. The van der Waals surface area contributed by atoms with E-state index in [1.54, 1.807) is 0 Å². The molecular formula is C16H17N5O. The minimum atomic E-state index is -0.873. The van der Waals surface area contributed by atoms with Crippen molar-refractivity contribution in [3.63, 3.8) is 0 Å². The van der Waals surface area contributed by atoms with Crippen molar-refractivity contribution in [1.82, 2.24) is 15.2 Å². The van der Waals surface area contributed by atoms with E-state index < -0.39 is 5.41 Å². The van der Waals surface area contributed by atoms with Crippen LogP contribution in [-0.4, -0.2) is 21.1 Å². The highest BCUT2D eigenvalue weighted by atomic mass is 16.2. The average molecular weight is 295 g/mol. The van der Waals surface area contributed by atoms with E-state index in [1.165, 1.54) is 6.33 Å². The van der Waals surface area contributed by atoms with E-state index in [0.717, 1.165) is 24.8 Å². The van der Waals surface area contributed by atoms with Gasteiger partial charge in [0.15, 0.2) is 5.82 Å². The number of hydrogen-bond acceptors (Lipinski definition) is 4. The van der Waals surface area contributed by atoms with E-state index in [-0.39, 0.29) is 5.91 Å². The predicted molar refractivity (Wildman–Crippen MR) is 81.6 cm³/mol. The van der Waals surface area contributed by atoms with Crippen LogP contribution < -0.4 is 5.32 Å². The number of nitriles is 1. The summed E-state index contributed by atoms with van der Waals surface area (Å²) in [5, 5.41) is 18.9. The van der Waals surface area contributed by atoms with E-state index in [2.05, 4.69) is 26.6 Å². The third-order valence-corrected chi connectivity index (χ3v) is 4.19. The molecule has 0 saturated heterocycles. The smallest absolute Gasteiger partial charge is 0.244 e. The average Bonchev–Trinajstić information content (AvgIpc) is 3.10. The van der Waals surface area contributed by atoms with E-state index in [4.69, 9.17) is 0 Å². The molecule has 1 aliphatic rings. The first kappa shape index (κ1) is 14.3. The Labute approximate surface area is 128 Å². The summed E-state index contributed by atoms with van der Waals surface area (Å²) in [4.78, 5) is 16.5. The SMILES string of the molecule is N#CC1(C(=O)Nc2ccc(-c3ncn[nH]3)cc2)CCCCC1. The first-order valence-corrected chi connectivity index (χ1v) is 7.42. The Kier molecular flexibility index (Phi) is 3.88. The summed E-state index contributed by atoms with van der Waals surface area (Å²) >= 11 is 0. The molecule has 1 amide bonds. The van der Waals surface area contributed by atoms with Crippen LogP contribution in [0, 0.1) is 16.7 Å². The van der Waals surface area contributed by atoms with Crippen molar-refractivity contribution in [3.8, 4) is 17.5 Å². The third-order valence-electron chi connectivity index (χ3n) is 4.19. The molecule has 1 saturated carbocycles. The van der Waals surface area contributed by atoms with Gasteiger partial charge in [-0.3, -0.25) is 9.89 Å².